The van der Waals surface area contributed by atoms with Crippen LogP contribution in [-0.4, -0.2) is 227 Å². The van der Waals surface area contributed by atoms with Crippen molar-refractivity contribution in [3.63, 3.8) is 0 Å². The standard InChI is InChI=1S/C27H34N6O2.C27H31N5O3.C26H32N6O2.C18H20N8O/c1-4-19-11-21-12-20(22-13-28-30(3)15-22)5-6-25(21)32(14-19)27-24-16-31(18(2)34)9-7-26(24)33(29-27)23-8-10-35-17-23;1-18(33)30-12-8-25-23(16-30)27(29-32(25)22-9-13-35-17-22)31-11-3-4-21-14-19(5-6-24(21)31)20-7-10-28-26(15-20)34-2;1-17-10-20-11-19(21-12-27-29(3)14-21)4-5-24(20)31(13-17)26-23-15-30(18(2)33)8-6-25(23)32(28-26)22-7-9-34-16-22;1-11(27)25-7-6-15-14(10-25)18(21-24(15)2)26-8-5-12-3-4-13(9-16(12)26)17-19-22-23-20-17/h5-6,12-13,15,19,23H,4,7-11,14,16-17H2,1-3H3;5-7,10,14-15,22H,3-4,8-9,11-13,16-17H2,1-2H3;4-5,11-12,14,17,22H,6-10,13,15-16H2,1-3H3;3-4,9H,5-8,10H2,1-2H3,(H,19,20,22,23)/t19?,23-;22-;17?,22-;/m000./s1. The number of tetrazole rings is 1. The van der Waals surface area contributed by atoms with E-state index in [1.807, 2.05) is 85.4 Å². The van der Waals surface area contributed by atoms with Crippen molar-refractivity contribution in [2.45, 2.75) is 169 Å². The van der Waals surface area contributed by atoms with Crippen molar-refractivity contribution in [2.75, 3.05) is 119 Å². The fourth-order valence-corrected chi connectivity index (χ4v) is 21.4. The number of carbonyl (C=O) groups is 4. The molecule has 0 bridgehead atoms. The van der Waals surface area contributed by atoms with E-state index in [1.165, 1.54) is 89.9 Å². The highest BCUT2D eigenvalue weighted by Gasteiger charge is 2.41. The lowest BCUT2D eigenvalue weighted by atomic mass is 9.88. The van der Waals surface area contributed by atoms with Gasteiger partial charge < -0.3 is 58.1 Å². The van der Waals surface area contributed by atoms with Crippen LogP contribution in [0.25, 0.3) is 44.8 Å². The average Bonchev–Trinajstić information content (AvgIpc) is 1.60. The summed E-state index contributed by atoms with van der Waals surface area (Å²) in [6.45, 7) is 24.8. The van der Waals surface area contributed by atoms with Gasteiger partial charge >= 0.3 is 0 Å². The van der Waals surface area contributed by atoms with E-state index in [0.717, 1.165) is 218 Å². The summed E-state index contributed by atoms with van der Waals surface area (Å²) in [4.78, 5) is 70.0. The number of benzene rings is 4. The molecule has 11 aliphatic rings. The quantitative estimate of drug-likeness (QED) is 0.112. The summed E-state index contributed by atoms with van der Waals surface area (Å²) in [7, 11) is 7.53. The molecule has 12 aromatic rings. The number of nitrogens with one attached hydrogen (secondary N) is 1. The van der Waals surface area contributed by atoms with Gasteiger partial charge in [0.15, 0.2) is 23.3 Å². The molecule has 33 heteroatoms. The number of nitrogens with zero attached hydrogens (tertiary/aromatic N) is 24. The maximum Gasteiger partial charge on any atom is 0.219 e. The molecular weight excluding hydrogens is 1660 g/mol. The predicted molar refractivity (Wildman–Crippen MR) is 496 cm³/mol. The van der Waals surface area contributed by atoms with E-state index in [9.17, 15) is 19.2 Å². The molecule has 3 saturated heterocycles. The molecule has 682 valence electrons. The van der Waals surface area contributed by atoms with Gasteiger partial charge in [0.1, 0.15) is 0 Å². The highest BCUT2D eigenvalue weighted by atomic mass is 16.5. The maximum absolute atomic E-state index is 12.3. The number of ether oxygens (including phenoxy) is 4. The maximum atomic E-state index is 12.3. The Morgan fingerprint density at radius 2 is 0.916 bits per heavy atom. The minimum Gasteiger partial charge on any atom is -0.481 e. The second-order valence-electron chi connectivity index (χ2n) is 36.9. The smallest absolute Gasteiger partial charge is 0.219 e. The predicted octanol–water partition coefficient (Wildman–Crippen LogP) is 12.5. The molecule has 0 aliphatic carbocycles. The van der Waals surface area contributed by atoms with Gasteiger partial charge in [-0.1, -0.05) is 50.6 Å². The summed E-state index contributed by atoms with van der Waals surface area (Å²) in [6, 6.07) is 31.2. The first-order chi connectivity index (χ1) is 63.7. The molecule has 33 nitrogen and oxygen atoms in total. The van der Waals surface area contributed by atoms with E-state index in [4.69, 9.17) is 39.3 Å². The fourth-order valence-electron chi connectivity index (χ4n) is 21.4. The third-order valence-electron chi connectivity index (χ3n) is 28.4. The van der Waals surface area contributed by atoms with Crippen molar-refractivity contribution in [3.8, 4) is 50.6 Å². The minimum absolute atomic E-state index is 0.108. The van der Waals surface area contributed by atoms with Crippen LogP contribution in [0.15, 0.2) is 116 Å². The summed E-state index contributed by atoms with van der Waals surface area (Å²) >= 11 is 0. The van der Waals surface area contributed by atoms with Crippen LogP contribution < -0.4 is 24.3 Å². The summed E-state index contributed by atoms with van der Waals surface area (Å²) in [6.07, 6.45) is 22.4. The highest BCUT2D eigenvalue weighted by Crippen LogP contribution is 2.48. The molecule has 131 heavy (non-hydrogen) atoms. The van der Waals surface area contributed by atoms with Crippen LogP contribution in [0.4, 0.5) is 46.0 Å². The summed E-state index contributed by atoms with van der Waals surface area (Å²) < 4.78 is 34.7. The van der Waals surface area contributed by atoms with Gasteiger partial charge in [0.25, 0.3) is 0 Å². The number of fused-ring (bicyclic) bond motifs is 8. The van der Waals surface area contributed by atoms with Crippen molar-refractivity contribution in [1.82, 2.24) is 104 Å². The Bertz CT molecular complexity index is 6270. The first-order valence-corrected chi connectivity index (χ1v) is 46.7. The van der Waals surface area contributed by atoms with E-state index in [-0.39, 0.29) is 41.8 Å². The fraction of sp³-hybridized carbons (Fsp3) is 0.469. The van der Waals surface area contributed by atoms with Gasteiger partial charge in [0, 0.05) is 256 Å². The van der Waals surface area contributed by atoms with Crippen molar-refractivity contribution in [2.24, 2.45) is 33.0 Å². The zero-order valence-corrected chi connectivity index (χ0v) is 76.8. The zero-order valence-electron chi connectivity index (χ0n) is 76.8. The van der Waals surface area contributed by atoms with E-state index in [0.29, 0.717) is 69.5 Å². The van der Waals surface area contributed by atoms with Crippen LogP contribution in [0.5, 0.6) is 5.88 Å². The second kappa shape index (κ2) is 36.5. The van der Waals surface area contributed by atoms with E-state index >= 15 is 0 Å². The molecule has 0 radical (unpaired) electrons. The normalized spacial score (nSPS) is 20.0. The number of aryl methyl sites for hydroxylation is 4. The molecule has 2 unspecified atom stereocenters. The van der Waals surface area contributed by atoms with Crippen LogP contribution >= 0.6 is 0 Å². The van der Waals surface area contributed by atoms with Gasteiger partial charge in [0.2, 0.25) is 35.3 Å². The Labute approximate surface area is 762 Å². The monoisotopic (exact) mass is 1770 g/mol. The number of anilines is 8. The van der Waals surface area contributed by atoms with Crippen molar-refractivity contribution >= 4 is 69.6 Å². The van der Waals surface area contributed by atoms with E-state index in [1.54, 1.807) is 41.0 Å². The lowest BCUT2D eigenvalue weighted by Gasteiger charge is -2.36. The molecule has 23 rings (SSSR count). The van der Waals surface area contributed by atoms with Gasteiger partial charge in [-0.3, -0.25) is 47.3 Å². The Hall–Kier alpha value is -12.9. The van der Waals surface area contributed by atoms with Crippen molar-refractivity contribution in [3.05, 3.63) is 183 Å². The number of hydrogen-bond acceptors (Lipinski definition) is 22. The Morgan fingerprint density at radius 3 is 1.40 bits per heavy atom. The number of aromatic amines is 1. The van der Waals surface area contributed by atoms with Crippen LogP contribution in [0, 0.1) is 11.8 Å². The molecule has 8 aromatic heterocycles. The molecule has 5 atom stereocenters. The third-order valence-corrected chi connectivity index (χ3v) is 28.4. The number of pyridine rings is 1. The Morgan fingerprint density at radius 1 is 0.458 bits per heavy atom. The first-order valence-electron chi connectivity index (χ1n) is 46.7. The molecule has 4 amide bonds. The Kier molecular flexibility index (Phi) is 24.0. The van der Waals surface area contributed by atoms with Crippen LogP contribution in [0.2, 0.25) is 0 Å². The van der Waals surface area contributed by atoms with Gasteiger partial charge in [0.05, 0.1) is 83.6 Å². The summed E-state index contributed by atoms with van der Waals surface area (Å²) in [5.41, 5.74) is 27.7. The van der Waals surface area contributed by atoms with Gasteiger partial charge in [-0.15, -0.1) is 10.2 Å². The van der Waals surface area contributed by atoms with Crippen LogP contribution in [0.3, 0.4) is 0 Å². The number of amides is 4. The van der Waals surface area contributed by atoms with Gasteiger partial charge in [-0.05, 0) is 161 Å². The number of rotatable bonds is 13. The summed E-state index contributed by atoms with van der Waals surface area (Å²) in [5, 5.41) is 43.5. The lowest BCUT2D eigenvalue weighted by molar-refractivity contribution is -0.130. The van der Waals surface area contributed by atoms with E-state index < -0.39 is 0 Å². The van der Waals surface area contributed by atoms with Gasteiger partial charge in [-0.2, -0.15) is 35.8 Å². The zero-order chi connectivity index (χ0) is 90.0. The van der Waals surface area contributed by atoms with Crippen LogP contribution in [-0.2, 0) is 132 Å². The topological polar surface area (TPSA) is 305 Å². The van der Waals surface area contributed by atoms with Crippen molar-refractivity contribution in [1.29, 1.82) is 0 Å². The average molecular weight is 1770 g/mol. The molecule has 0 saturated carbocycles. The Balaban J connectivity index is 0.000000110. The van der Waals surface area contributed by atoms with Crippen LogP contribution in [0.1, 0.15) is 159 Å². The largest absolute Gasteiger partial charge is 0.481 e. The number of carbonyl (C=O) groups excluding carboxylic acids is 4. The molecule has 4 aromatic carbocycles. The lowest BCUT2D eigenvalue weighted by Crippen LogP contribution is -2.36. The third kappa shape index (κ3) is 17.0. The number of aromatic nitrogens is 17. The van der Waals surface area contributed by atoms with Crippen molar-refractivity contribution < 1.29 is 38.1 Å². The highest BCUT2D eigenvalue weighted by molar-refractivity contribution is 5.82. The molecular formula is C98H117N25O8. The molecule has 1 N–H and O–H groups in total. The second-order valence-corrected chi connectivity index (χ2v) is 36.9. The molecule has 3 fully saturated rings. The molecule has 19 heterocycles. The SMILES string of the molecule is CC(=O)N1CCc2c(c(N3CC(C)Cc4cc(-c5cnn(C)c5)ccc43)nn2[C@H]2CCOC2)C1.CC(=O)N1CCc2c(c(N3CCc4ccc(-c5nn[nH]n5)cc43)nn2C)C1.CCC1Cc2cc(-c3cnn(C)c3)ccc2N(c2nn([C@H]3CCOC3)c3c2CN(C(C)=O)CC3)C1.COc1cc(-c2ccc3c(c2)CCCN3c2nn([C@H]3CCOC3)c3c2CN(C(C)=O)CC3)ccn1. The molecule has 11 aliphatic heterocycles. The molecule has 0 spiro atoms. The minimum atomic E-state index is 0.108. The number of hydrogen-bond donors (Lipinski definition) is 1. The number of methoxy groups -OCH3 is 1. The first kappa shape index (κ1) is 86.2. The van der Waals surface area contributed by atoms with Gasteiger partial charge in [-0.25, -0.2) is 4.98 Å². The van der Waals surface area contributed by atoms with E-state index in [2.05, 4.69) is 162 Å². The summed E-state index contributed by atoms with van der Waals surface area (Å²) in [5.74, 6) is 6.70. The number of H-pyrrole nitrogens is 1.